The van der Waals surface area contributed by atoms with Crippen LogP contribution in [0.25, 0.3) is 10.1 Å². The lowest BCUT2D eigenvalue weighted by Gasteiger charge is -2.18. The lowest BCUT2D eigenvalue weighted by molar-refractivity contribution is 0.858. The summed E-state index contributed by atoms with van der Waals surface area (Å²) < 4.78 is 2.64. The van der Waals surface area contributed by atoms with Crippen molar-refractivity contribution < 1.29 is 0 Å². The molecule has 0 saturated heterocycles. The molecular formula is C19H17BrS. The average Bonchev–Trinajstić information content (AvgIpc) is 3.15. The van der Waals surface area contributed by atoms with E-state index in [4.69, 9.17) is 0 Å². The van der Waals surface area contributed by atoms with Crippen LogP contribution in [-0.4, -0.2) is 0 Å². The summed E-state index contributed by atoms with van der Waals surface area (Å²) in [6.45, 7) is 4.42. The van der Waals surface area contributed by atoms with Gasteiger partial charge in [-0.3, -0.25) is 0 Å². The summed E-state index contributed by atoms with van der Waals surface area (Å²) >= 11 is 5.68. The SMILES string of the molecule is Cc1cc(C)c(C2(c3cc4ccccc4s3)CC2)cc1Br. The number of rotatable bonds is 2. The quantitative estimate of drug-likeness (QED) is 0.501. The number of aryl methyl sites for hydroxylation is 2. The molecule has 0 bridgehead atoms. The minimum atomic E-state index is 0.268. The van der Waals surface area contributed by atoms with Crippen LogP contribution in [0.3, 0.4) is 0 Å². The van der Waals surface area contributed by atoms with Crippen molar-refractivity contribution in [3.63, 3.8) is 0 Å². The highest BCUT2D eigenvalue weighted by molar-refractivity contribution is 9.10. The van der Waals surface area contributed by atoms with Crippen molar-refractivity contribution in [1.29, 1.82) is 0 Å². The Morgan fingerprint density at radius 1 is 1.00 bits per heavy atom. The van der Waals surface area contributed by atoms with Crippen LogP contribution in [0, 0.1) is 13.8 Å². The molecule has 1 aliphatic carbocycles. The van der Waals surface area contributed by atoms with Gasteiger partial charge in [0.25, 0.3) is 0 Å². The third-order valence-corrected chi connectivity index (χ3v) is 6.84. The van der Waals surface area contributed by atoms with E-state index in [0.717, 1.165) is 0 Å². The molecule has 1 fully saturated rings. The normalized spacial score (nSPS) is 16.3. The lowest BCUT2D eigenvalue weighted by Crippen LogP contribution is -2.09. The van der Waals surface area contributed by atoms with E-state index >= 15 is 0 Å². The predicted octanol–water partition coefficient (Wildman–Crippen LogP) is 6.36. The van der Waals surface area contributed by atoms with E-state index in [-0.39, 0.29) is 5.41 Å². The summed E-state index contributed by atoms with van der Waals surface area (Å²) in [5.41, 5.74) is 4.52. The van der Waals surface area contributed by atoms with E-state index in [1.165, 1.54) is 49.0 Å². The van der Waals surface area contributed by atoms with Crippen molar-refractivity contribution >= 4 is 37.4 Å². The van der Waals surface area contributed by atoms with Gasteiger partial charge in [-0.2, -0.15) is 0 Å². The first-order valence-electron chi connectivity index (χ1n) is 7.36. The summed E-state index contributed by atoms with van der Waals surface area (Å²) in [4.78, 5) is 1.53. The minimum absolute atomic E-state index is 0.268. The monoisotopic (exact) mass is 356 g/mol. The molecule has 3 aromatic rings. The van der Waals surface area contributed by atoms with Crippen molar-refractivity contribution in [1.82, 2.24) is 0 Å². The van der Waals surface area contributed by atoms with Gasteiger partial charge in [-0.05, 0) is 67.0 Å². The smallest absolute Gasteiger partial charge is 0.0345 e. The third kappa shape index (κ3) is 2.08. The molecule has 0 nitrogen and oxygen atoms in total. The number of fused-ring (bicyclic) bond motifs is 1. The molecule has 4 rings (SSSR count). The molecule has 0 radical (unpaired) electrons. The molecule has 0 amide bonds. The predicted molar refractivity (Wildman–Crippen MR) is 95.5 cm³/mol. The topological polar surface area (TPSA) is 0 Å². The van der Waals surface area contributed by atoms with Crippen LogP contribution in [0.15, 0.2) is 46.9 Å². The number of thiophene rings is 1. The molecule has 0 aliphatic heterocycles. The zero-order valence-electron chi connectivity index (χ0n) is 12.2. The van der Waals surface area contributed by atoms with E-state index in [1.807, 2.05) is 11.3 Å². The van der Waals surface area contributed by atoms with Crippen LogP contribution in [0.2, 0.25) is 0 Å². The van der Waals surface area contributed by atoms with Gasteiger partial charge >= 0.3 is 0 Å². The fourth-order valence-electron chi connectivity index (χ4n) is 3.33. The molecule has 0 N–H and O–H groups in total. The number of benzene rings is 2. The lowest BCUT2D eigenvalue weighted by atomic mass is 9.89. The molecule has 2 heteroatoms. The Balaban J connectivity index is 1.89. The number of halogens is 1. The zero-order valence-corrected chi connectivity index (χ0v) is 14.6. The molecule has 2 aromatic carbocycles. The minimum Gasteiger partial charge on any atom is -0.139 e. The van der Waals surface area contributed by atoms with Crippen molar-refractivity contribution in [2.24, 2.45) is 0 Å². The van der Waals surface area contributed by atoms with Crippen molar-refractivity contribution in [3.8, 4) is 0 Å². The van der Waals surface area contributed by atoms with Crippen LogP contribution in [0.5, 0.6) is 0 Å². The Labute approximate surface area is 137 Å². The van der Waals surface area contributed by atoms with Gasteiger partial charge in [0.2, 0.25) is 0 Å². The second-order valence-corrected chi connectivity index (χ2v) is 8.09. The van der Waals surface area contributed by atoms with Crippen LogP contribution >= 0.6 is 27.3 Å². The fourth-order valence-corrected chi connectivity index (χ4v) is 5.00. The van der Waals surface area contributed by atoms with Crippen LogP contribution < -0.4 is 0 Å². The van der Waals surface area contributed by atoms with Crippen molar-refractivity contribution in [2.45, 2.75) is 32.1 Å². The maximum atomic E-state index is 3.71. The van der Waals surface area contributed by atoms with Crippen LogP contribution in [0.1, 0.15) is 34.4 Å². The number of hydrogen-bond acceptors (Lipinski definition) is 1. The molecule has 1 heterocycles. The molecule has 1 aliphatic rings. The molecule has 0 unspecified atom stereocenters. The van der Waals surface area contributed by atoms with E-state index in [0.29, 0.717) is 0 Å². The average molecular weight is 357 g/mol. The molecule has 21 heavy (non-hydrogen) atoms. The van der Waals surface area contributed by atoms with Gasteiger partial charge in [0.1, 0.15) is 0 Å². The third-order valence-electron chi connectivity index (χ3n) is 4.67. The highest BCUT2D eigenvalue weighted by Crippen LogP contribution is 2.57. The van der Waals surface area contributed by atoms with E-state index in [1.54, 1.807) is 0 Å². The summed E-state index contributed by atoms with van der Waals surface area (Å²) in [5.74, 6) is 0. The number of hydrogen-bond donors (Lipinski definition) is 0. The Morgan fingerprint density at radius 3 is 2.48 bits per heavy atom. The van der Waals surface area contributed by atoms with E-state index < -0.39 is 0 Å². The van der Waals surface area contributed by atoms with Gasteiger partial charge < -0.3 is 0 Å². The van der Waals surface area contributed by atoms with Crippen molar-refractivity contribution in [3.05, 3.63) is 68.5 Å². The molecular weight excluding hydrogens is 340 g/mol. The second-order valence-electron chi connectivity index (χ2n) is 6.15. The Kier molecular flexibility index (Phi) is 3.02. The molecule has 0 atom stereocenters. The zero-order chi connectivity index (χ0) is 14.6. The fraction of sp³-hybridized carbons (Fsp3) is 0.263. The Hall–Kier alpha value is -1.12. The van der Waals surface area contributed by atoms with Gasteiger partial charge in [-0.25, -0.2) is 0 Å². The molecule has 1 saturated carbocycles. The maximum Gasteiger partial charge on any atom is 0.0345 e. The first-order chi connectivity index (χ1) is 10.1. The maximum absolute atomic E-state index is 3.71. The van der Waals surface area contributed by atoms with Gasteiger partial charge in [0, 0.05) is 19.5 Å². The molecule has 106 valence electrons. The van der Waals surface area contributed by atoms with E-state index in [2.05, 4.69) is 72.2 Å². The summed E-state index contributed by atoms with van der Waals surface area (Å²) in [6.07, 6.45) is 2.55. The van der Waals surface area contributed by atoms with Gasteiger partial charge in [-0.15, -0.1) is 11.3 Å². The highest BCUT2D eigenvalue weighted by atomic mass is 79.9. The standard InChI is InChI=1S/C19H17BrS/c1-12-9-13(2)16(20)11-15(12)19(7-8-19)18-10-14-5-3-4-6-17(14)21-18/h3-6,9-11H,7-8H2,1-2H3. The molecule has 1 aromatic heterocycles. The summed E-state index contributed by atoms with van der Waals surface area (Å²) in [7, 11) is 0. The summed E-state index contributed by atoms with van der Waals surface area (Å²) in [6, 6.07) is 15.8. The molecule has 0 spiro atoms. The first-order valence-corrected chi connectivity index (χ1v) is 8.97. The van der Waals surface area contributed by atoms with E-state index in [9.17, 15) is 0 Å². The first kappa shape index (κ1) is 13.5. The Bertz CT molecular complexity index is 807. The van der Waals surface area contributed by atoms with Crippen LogP contribution in [-0.2, 0) is 5.41 Å². The van der Waals surface area contributed by atoms with Gasteiger partial charge in [-0.1, -0.05) is 40.2 Å². The largest absolute Gasteiger partial charge is 0.139 e. The van der Waals surface area contributed by atoms with Crippen LogP contribution in [0.4, 0.5) is 0 Å². The van der Waals surface area contributed by atoms with Gasteiger partial charge in [0.15, 0.2) is 0 Å². The second kappa shape index (κ2) is 4.69. The van der Waals surface area contributed by atoms with Gasteiger partial charge in [0.05, 0.1) is 0 Å². The summed E-state index contributed by atoms with van der Waals surface area (Å²) in [5, 5.41) is 1.38. The van der Waals surface area contributed by atoms with Crippen molar-refractivity contribution in [2.75, 3.05) is 0 Å². The highest BCUT2D eigenvalue weighted by Gasteiger charge is 2.48. The Morgan fingerprint density at radius 2 is 1.76 bits per heavy atom.